The summed E-state index contributed by atoms with van der Waals surface area (Å²) in [5, 5.41) is 19.3. The van der Waals surface area contributed by atoms with Crippen LogP contribution in [0.15, 0.2) is 12.2 Å². The number of aliphatic hydroxyl groups excluding tert-OH is 1. The molecule has 26 heavy (non-hydrogen) atoms. The zero-order valence-corrected chi connectivity index (χ0v) is 15.8. The first kappa shape index (κ1) is 18.4. The van der Waals surface area contributed by atoms with Crippen molar-refractivity contribution in [2.45, 2.75) is 82.8 Å². The zero-order valence-electron chi connectivity index (χ0n) is 15.8. The summed E-state index contributed by atoms with van der Waals surface area (Å²) in [6, 6.07) is 1.94. The van der Waals surface area contributed by atoms with Crippen LogP contribution in [0.25, 0.3) is 0 Å². The molecule has 144 valence electrons. The molecule has 5 rings (SSSR count). The van der Waals surface area contributed by atoms with E-state index in [-0.39, 0.29) is 23.5 Å². The molecule has 1 unspecified atom stereocenters. The van der Waals surface area contributed by atoms with E-state index >= 15 is 0 Å². The monoisotopic (exact) mass is 363 g/mol. The Morgan fingerprint density at radius 2 is 2.04 bits per heavy atom. The van der Waals surface area contributed by atoms with E-state index in [2.05, 4.69) is 20.4 Å². The molecule has 1 N–H and O–H groups in total. The van der Waals surface area contributed by atoms with Crippen LogP contribution in [0.3, 0.4) is 0 Å². The summed E-state index contributed by atoms with van der Waals surface area (Å²) in [7, 11) is 0. The highest BCUT2D eigenvalue weighted by Crippen LogP contribution is 2.60. The lowest BCUT2D eigenvalue weighted by molar-refractivity contribution is -0.571. The molecule has 6 heteroatoms. The number of nitriles is 1. The summed E-state index contributed by atoms with van der Waals surface area (Å²) in [6.07, 6.45) is 2.68. The summed E-state index contributed by atoms with van der Waals surface area (Å²) in [5.41, 5.74) is -0.410. The van der Waals surface area contributed by atoms with Crippen LogP contribution in [0, 0.1) is 35.0 Å². The van der Waals surface area contributed by atoms with Gasteiger partial charge >= 0.3 is 0 Å². The molecule has 6 nitrogen and oxygen atoms in total. The Bertz CT molecular complexity index is 632. The lowest BCUT2D eigenvalue weighted by atomic mass is 9.57. The minimum absolute atomic E-state index is 0.164. The van der Waals surface area contributed by atoms with Gasteiger partial charge in [0.05, 0.1) is 23.9 Å². The molecule has 0 aromatic rings. The third kappa shape index (κ3) is 2.56. The van der Waals surface area contributed by atoms with Gasteiger partial charge in [-0.05, 0) is 43.9 Å². The van der Waals surface area contributed by atoms with Gasteiger partial charge in [-0.3, -0.25) is 0 Å². The Morgan fingerprint density at radius 3 is 2.77 bits per heavy atom. The van der Waals surface area contributed by atoms with E-state index < -0.39 is 23.8 Å². The Balaban J connectivity index is 1.66. The summed E-state index contributed by atoms with van der Waals surface area (Å²) in [6.45, 7) is 9.98. The smallest absolute Gasteiger partial charge is 0.201 e. The van der Waals surface area contributed by atoms with E-state index in [0.29, 0.717) is 18.3 Å². The van der Waals surface area contributed by atoms with Gasteiger partial charge in [-0.25, -0.2) is 9.78 Å². The second-order valence-corrected chi connectivity index (χ2v) is 8.83. The first-order chi connectivity index (χ1) is 12.3. The number of nitrogens with zero attached hydrogens (tertiary/aromatic N) is 1. The molecule has 5 aliphatic rings. The standard InChI is InChI=1S/C20H29NO5/c1-11-5-6-15-13(3)17(9-16(22)12(2)10-21)23-18-20(15)14(11)7-8-19(4,24-18)25-26-20/h11,13-18,22H,2,5-9H2,1,3-4H3/t11-,13-,14+,15+,16+,17-,18-,19+,20?/m1/s1. The fraction of sp³-hybridized carbons (Fsp3) is 0.850. The minimum atomic E-state index is -0.893. The highest BCUT2D eigenvalue weighted by Gasteiger charge is 2.69. The topological polar surface area (TPSA) is 80.9 Å². The predicted molar refractivity (Wildman–Crippen MR) is 92.2 cm³/mol. The molecule has 2 bridgehead atoms. The van der Waals surface area contributed by atoms with Gasteiger partial charge in [-0.1, -0.05) is 20.4 Å². The molecular weight excluding hydrogens is 334 g/mol. The number of ether oxygens (including phenoxy) is 2. The highest BCUT2D eigenvalue weighted by atomic mass is 17.3. The number of hydrogen-bond acceptors (Lipinski definition) is 6. The Morgan fingerprint density at radius 1 is 1.27 bits per heavy atom. The van der Waals surface area contributed by atoms with Gasteiger partial charge in [-0.2, -0.15) is 5.26 Å². The first-order valence-electron chi connectivity index (χ1n) is 9.78. The van der Waals surface area contributed by atoms with Crippen molar-refractivity contribution in [3.05, 3.63) is 12.2 Å². The third-order valence-electron chi connectivity index (χ3n) is 7.30. The van der Waals surface area contributed by atoms with Crippen LogP contribution >= 0.6 is 0 Å². The van der Waals surface area contributed by atoms with Crippen molar-refractivity contribution in [2.75, 3.05) is 0 Å². The highest BCUT2D eigenvalue weighted by molar-refractivity contribution is 5.21. The van der Waals surface area contributed by atoms with Crippen LogP contribution in [-0.2, 0) is 19.2 Å². The van der Waals surface area contributed by atoms with Gasteiger partial charge in [0.2, 0.25) is 5.79 Å². The summed E-state index contributed by atoms with van der Waals surface area (Å²) < 4.78 is 12.7. The van der Waals surface area contributed by atoms with Gasteiger partial charge in [0.25, 0.3) is 0 Å². The maximum atomic E-state index is 10.3. The summed E-state index contributed by atoms with van der Waals surface area (Å²) >= 11 is 0. The maximum Gasteiger partial charge on any atom is 0.201 e. The molecule has 4 saturated heterocycles. The second kappa shape index (κ2) is 6.29. The summed E-state index contributed by atoms with van der Waals surface area (Å²) in [4.78, 5) is 11.9. The van der Waals surface area contributed by atoms with Crippen LogP contribution in [0.1, 0.15) is 52.9 Å². The molecule has 5 fully saturated rings. The SMILES string of the molecule is C=C(C#N)[C@@H](O)C[C@H]1O[C@@H]2O[C@]3(C)CC[C@H]4[C@H](C)CC[C@@H]([C@H]1C)C24OO3. The molecule has 0 radical (unpaired) electrons. The Hall–Kier alpha value is -0.970. The lowest BCUT2D eigenvalue weighted by Gasteiger charge is -2.60. The predicted octanol–water partition coefficient (Wildman–Crippen LogP) is 3.07. The second-order valence-electron chi connectivity index (χ2n) is 8.83. The fourth-order valence-corrected chi connectivity index (χ4v) is 5.68. The van der Waals surface area contributed by atoms with Crippen molar-refractivity contribution in [3.63, 3.8) is 0 Å². The van der Waals surface area contributed by atoms with Crippen LogP contribution in [0.2, 0.25) is 0 Å². The van der Waals surface area contributed by atoms with E-state index in [1.54, 1.807) is 0 Å². The molecule has 0 amide bonds. The van der Waals surface area contributed by atoms with Crippen LogP contribution in [0.5, 0.6) is 0 Å². The molecule has 9 atom stereocenters. The molecule has 1 aliphatic carbocycles. The van der Waals surface area contributed by atoms with Gasteiger partial charge in [0, 0.05) is 18.8 Å². The molecular formula is C20H29NO5. The number of aliphatic hydroxyl groups is 1. The quantitative estimate of drug-likeness (QED) is 0.613. The van der Waals surface area contributed by atoms with Crippen molar-refractivity contribution in [1.29, 1.82) is 5.26 Å². The average Bonchev–Trinajstić information content (AvgIpc) is 2.84. The van der Waals surface area contributed by atoms with Crippen LogP contribution in [0.4, 0.5) is 0 Å². The Labute approximate surface area is 155 Å². The van der Waals surface area contributed by atoms with Gasteiger partial charge in [0.15, 0.2) is 11.9 Å². The van der Waals surface area contributed by atoms with E-state index in [4.69, 9.17) is 24.5 Å². The fourth-order valence-electron chi connectivity index (χ4n) is 5.68. The lowest BCUT2D eigenvalue weighted by Crippen LogP contribution is -2.70. The molecule has 1 spiro atoms. The van der Waals surface area contributed by atoms with Gasteiger partial charge in [-0.15, -0.1) is 0 Å². The number of fused-ring (bicyclic) bond motifs is 2. The van der Waals surface area contributed by atoms with E-state index in [1.165, 1.54) is 0 Å². The Kier molecular flexibility index (Phi) is 4.45. The molecule has 4 heterocycles. The van der Waals surface area contributed by atoms with Crippen molar-refractivity contribution < 1.29 is 24.4 Å². The number of rotatable bonds is 3. The van der Waals surface area contributed by atoms with Crippen LogP contribution in [-0.4, -0.2) is 35.0 Å². The third-order valence-corrected chi connectivity index (χ3v) is 7.30. The number of hydrogen-bond donors (Lipinski definition) is 1. The molecule has 1 saturated carbocycles. The van der Waals surface area contributed by atoms with Crippen molar-refractivity contribution in [3.8, 4) is 6.07 Å². The van der Waals surface area contributed by atoms with E-state index in [0.717, 1.165) is 25.7 Å². The zero-order chi connectivity index (χ0) is 18.7. The van der Waals surface area contributed by atoms with E-state index in [9.17, 15) is 5.11 Å². The van der Waals surface area contributed by atoms with Crippen LogP contribution < -0.4 is 0 Å². The average molecular weight is 363 g/mol. The largest absolute Gasteiger partial charge is 0.388 e. The molecule has 0 aromatic heterocycles. The first-order valence-corrected chi connectivity index (χ1v) is 9.78. The maximum absolute atomic E-state index is 10.3. The van der Waals surface area contributed by atoms with Crippen molar-refractivity contribution >= 4 is 0 Å². The molecule has 4 aliphatic heterocycles. The van der Waals surface area contributed by atoms with Gasteiger partial charge in [0.1, 0.15) is 0 Å². The molecule has 0 aromatic carbocycles. The van der Waals surface area contributed by atoms with E-state index in [1.807, 2.05) is 13.0 Å². The minimum Gasteiger partial charge on any atom is -0.388 e. The normalized spacial score (nSPS) is 51.0. The van der Waals surface area contributed by atoms with Gasteiger partial charge < -0.3 is 14.6 Å². The summed E-state index contributed by atoms with van der Waals surface area (Å²) in [5.74, 6) is 0.461. The van der Waals surface area contributed by atoms with Crippen molar-refractivity contribution in [1.82, 2.24) is 0 Å². The van der Waals surface area contributed by atoms with Crippen molar-refractivity contribution in [2.24, 2.45) is 23.7 Å².